The number of hydrogen-bond donors (Lipinski definition) is 3. The third kappa shape index (κ3) is 8.84. The van der Waals surface area contributed by atoms with Crippen LogP contribution in [0.1, 0.15) is 38.3 Å². The van der Waals surface area contributed by atoms with E-state index in [4.69, 9.17) is 20.9 Å². The topological polar surface area (TPSA) is 134 Å². The molecule has 2 aromatic carbocycles. The van der Waals surface area contributed by atoms with Crippen LogP contribution in [0.5, 0.6) is 0 Å². The molecule has 5 N–H and O–H groups in total. The zero-order chi connectivity index (χ0) is 24.6. The van der Waals surface area contributed by atoms with Crippen molar-refractivity contribution in [2.75, 3.05) is 18.6 Å². The van der Waals surface area contributed by atoms with Crippen molar-refractivity contribution in [2.45, 2.75) is 51.7 Å². The van der Waals surface area contributed by atoms with Crippen LogP contribution < -0.4 is 16.8 Å². The van der Waals surface area contributed by atoms with Gasteiger partial charge >= 0.3 is 11.9 Å². The van der Waals surface area contributed by atoms with Crippen molar-refractivity contribution in [3.63, 3.8) is 0 Å². The molecule has 8 heteroatoms. The minimum absolute atomic E-state index is 0.136. The van der Waals surface area contributed by atoms with Crippen molar-refractivity contribution in [1.29, 1.82) is 0 Å². The molecular formula is C25H33N3O5. The second kappa shape index (κ2) is 11.4. The number of anilines is 2. The van der Waals surface area contributed by atoms with Gasteiger partial charge in [0.2, 0.25) is 5.91 Å². The number of amides is 1. The fraction of sp³-hybridized carbons (Fsp3) is 0.400. The van der Waals surface area contributed by atoms with Crippen molar-refractivity contribution in [2.24, 2.45) is 5.92 Å². The van der Waals surface area contributed by atoms with E-state index < -0.39 is 35.4 Å². The van der Waals surface area contributed by atoms with Crippen molar-refractivity contribution in [3.05, 3.63) is 59.7 Å². The van der Waals surface area contributed by atoms with Crippen LogP contribution in [-0.2, 0) is 36.7 Å². The molecule has 0 aliphatic rings. The quantitative estimate of drug-likeness (QED) is 0.391. The van der Waals surface area contributed by atoms with Crippen LogP contribution in [0.15, 0.2) is 48.5 Å². The SMILES string of the molecule is COC(=O)[C@H](Cc1ccc(N)cc1)NC(=O)[C@H](CC(=O)OC(C)(C)C)Cc1ccc(N)cc1. The molecule has 33 heavy (non-hydrogen) atoms. The molecule has 1 amide bonds. The van der Waals surface area contributed by atoms with E-state index in [0.29, 0.717) is 11.4 Å². The van der Waals surface area contributed by atoms with Gasteiger partial charge in [-0.1, -0.05) is 24.3 Å². The largest absolute Gasteiger partial charge is 0.467 e. The molecule has 0 heterocycles. The summed E-state index contributed by atoms with van der Waals surface area (Å²) in [6, 6.07) is 13.2. The van der Waals surface area contributed by atoms with Crippen molar-refractivity contribution >= 4 is 29.2 Å². The minimum atomic E-state index is -0.918. The Labute approximate surface area is 194 Å². The predicted molar refractivity (Wildman–Crippen MR) is 127 cm³/mol. The Morgan fingerprint density at radius 3 is 1.82 bits per heavy atom. The molecule has 0 fully saturated rings. The van der Waals surface area contributed by atoms with Gasteiger partial charge in [-0.3, -0.25) is 9.59 Å². The normalized spacial score (nSPS) is 13.0. The van der Waals surface area contributed by atoms with Gasteiger partial charge in [-0.05, 0) is 62.6 Å². The maximum absolute atomic E-state index is 13.2. The molecule has 0 aromatic heterocycles. The van der Waals surface area contributed by atoms with Crippen LogP contribution in [0.2, 0.25) is 0 Å². The van der Waals surface area contributed by atoms with Crippen LogP contribution >= 0.6 is 0 Å². The first-order valence-corrected chi connectivity index (χ1v) is 10.8. The highest BCUT2D eigenvalue weighted by Gasteiger charge is 2.30. The summed E-state index contributed by atoms with van der Waals surface area (Å²) in [5.74, 6) is -2.26. The molecule has 2 atom stereocenters. The van der Waals surface area contributed by atoms with Crippen LogP contribution in [0.4, 0.5) is 11.4 Å². The predicted octanol–water partition coefficient (Wildman–Crippen LogP) is 2.64. The first-order valence-electron chi connectivity index (χ1n) is 10.8. The Hall–Kier alpha value is -3.55. The monoisotopic (exact) mass is 455 g/mol. The van der Waals surface area contributed by atoms with E-state index in [0.717, 1.165) is 11.1 Å². The maximum Gasteiger partial charge on any atom is 0.328 e. The molecule has 0 spiro atoms. The summed E-state index contributed by atoms with van der Waals surface area (Å²) in [4.78, 5) is 38.1. The number of rotatable bonds is 9. The number of esters is 2. The molecule has 0 radical (unpaired) electrons. The first-order chi connectivity index (χ1) is 15.5. The average molecular weight is 456 g/mol. The smallest absolute Gasteiger partial charge is 0.328 e. The standard InChI is InChI=1S/C25H33N3O5/c1-25(2,3)33-22(29)15-18(13-16-5-9-19(26)10-6-16)23(30)28-21(24(31)32-4)14-17-7-11-20(27)12-8-17/h5-12,18,21H,13-15,26-27H2,1-4H3,(H,28,30)/t18-,21-/m0/s1. The van der Waals surface area contributed by atoms with Crippen LogP contribution in [-0.4, -0.2) is 36.6 Å². The molecule has 0 saturated carbocycles. The van der Waals surface area contributed by atoms with Gasteiger partial charge in [0.1, 0.15) is 11.6 Å². The number of benzene rings is 2. The lowest BCUT2D eigenvalue weighted by molar-refractivity contribution is -0.157. The molecule has 0 unspecified atom stereocenters. The van der Waals surface area contributed by atoms with E-state index in [1.807, 2.05) is 0 Å². The summed E-state index contributed by atoms with van der Waals surface area (Å²) >= 11 is 0. The number of carbonyl (C=O) groups excluding carboxylic acids is 3. The van der Waals surface area contributed by atoms with Gasteiger partial charge in [0.05, 0.1) is 19.4 Å². The Morgan fingerprint density at radius 2 is 1.36 bits per heavy atom. The fourth-order valence-electron chi connectivity index (χ4n) is 3.29. The van der Waals surface area contributed by atoms with Crippen LogP contribution in [0.25, 0.3) is 0 Å². The molecule has 0 bridgehead atoms. The number of carbonyl (C=O) groups is 3. The summed E-state index contributed by atoms with van der Waals surface area (Å²) in [6.45, 7) is 5.29. The van der Waals surface area contributed by atoms with Crippen LogP contribution in [0.3, 0.4) is 0 Å². The number of nitrogen functional groups attached to an aromatic ring is 2. The van der Waals surface area contributed by atoms with Gasteiger partial charge in [0.25, 0.3) is 0 Å². The summed E-state index contributed by atoms with van der Waals surface area (Å²) in [5.41, 5.74) is 13.6. The van der Waals surface area contributed by atoms with E-state index in [-0.39, 0.29) is 19.3 Å². The molecule has 0 aliphatic carbocycles. The second-order valence-electron chi connectivity index (χ2n) is 8.96. The van der Waals surface area contributed by atoms with Gasteiger partial charge in [-0.2, -0.15) is 0 Å². The third-order valence-corrected chi connectivity index (χ3v) is 4.89. The lowest BCUT2D eigenvalue weighted by Crippen LogP contribution is -2.46. The summed E-state index contributed by atoms with van der Waals surface area (Å²) in [5, 5.41) is 2.75. The second-order valence-corrected chi connectivity index (χ2v) is 8.96. The highest BCUT2D eigenvalue weighted by molar-refractivity contribution is 5.88. The van der Waals surface area contributed by atoms with Gasteiger partial charge in [-0.25, -0.2) is 4.79 Å². The van der Waals surface area contributed by atoms with E-state index in [2.05, 4.69) is 5.32 Å². The molecular weight excluding hydrogens is 422 g/mol. The summed E-state index contributed by atoms with van der Waals surface area (Å²) in [7, 11) is 1.26. The van der Waals surface area contributed by atoms with E-state index in [1.54, 1.807) is 69.3 Å². The zero-order valence-corrected chi connectivity index (χ0v) is 19.6. The Morgan fingerprint density at radius 1 is 0.879 bits per heavy atom. The Kier molecular flexibility index (Phi) is 8.85. The first kappa shape index (κ1) is 25.7. The van der Waals surface area contributed by atoms with E-state index in [1.165, 1.54) is 7.11 Å². The number of nitrogens with two attached hydrogens (primary N) is 2. The average Bonchev–Trinajstić information content (AvgIpc) is 2.73. The lowest BCUT2D eigenvalue weighted by atomic mass is 9.94. The van der Waals surface area contributed by atoms with Gasteiger partial charge < -0.3 is 26.3 Å². The number of methoxy groups -OCH3 is 1. The van der Waals surface area contributed by atoms with Crippen molar-refractivity contribution < 1.29 is 23.9 Å². The van der Waals surface area contributed by atoms with E-state index in [9.17, 15) is 14.4 Å². The number of hydrogen-bond acceptors (Lipinski definition) is 7. The molecule has 2 aromatic rings. The van der Waals surface area contributed by atoms with Gasteiger partial charge in [-0.15, -0.1) is 0 Å². The maximum atomic E-state index is 13.2. The summed E-state index contributed by atoms with van der Waals surface area (Å²) in [6.07, 6.45) is 0.365. The molecule has 0 saturated heterocycles. The molecule has 8 nitrogen and oxygen atoms in total. The van der Waals surface area contributed by atoms with Crippen molar-refractivity contribution in [1.82, 2.24) is 5.32 Å². The molecule has 2 rings (SSSR count). The highest BCUT2D eigenvalue weighted by atomic mass is 16.6. The lowest BCUT2D eigenvalue weighted by Gasteiger charge is -2.24. The molecule has 178 valence electrons. The highest BCUT2D eigenvalue weighted by Crippen LogP contribution is 2.19. The minimum Gasteiger partial charge on any atom is -0.467 e. The Bertz CT molecular complexity index is 950. The summed E-state index contributed by atoms with van der Waals surface area (Å²) < 4.78 is 10.3. The number of ether oxygens (including phenoxy) is 2. The van der Waals surface area contributed by atoms with Gasteiger partial charge in [0, 0.05) is 17.8 Å². The zero-order valence-electron chi connectivity index (χ0n) is 19.6. The Balaban J connectivity index is 2.21. The van der Waals surface area contributed by atoms with E-state index >= 15 is 0 Å². The van der Waals surface area contributed by atoms with Gasteiger partial charge in [0.15, 0.2) is 0 Å². The fourth-order valence-corrected chi connectivity index (χ4v) is 3.29. The third-order valence-electron chi connectivity index (χ3n) is 4.89. The molecule has 0 aliphatic heterocycles. The van der Waals surface area contributed by atoms with Crippen LogP contribution in [0, 0.1) is 5.92 Å². The number of nitrogens with one attached hydrogen (secondary N) is 1. The van der Waals surface area contributed by atoms with Crippen molar-refractivity contribution in [3.8, 4) is 0 Å².